The zero-order valence-corrected chi connectivity index (χ0v) is 10.6. The molecule has 1 N–H and O–H groups in total. The Labute approximate surface area is 104 Å². The first kappa shape index (κ1) is 11.9. The lowest BCUT2D eigenvalue weighted by molar-refractivity contribution is 0.0931. The Hall–Kier alpha value is -1.62. The summed E-state index contributed by atoms with van der Waals surface area (Å²) in [5.41, 5.74) is 0.334. The van der Waals surface area contributed by atoms with E-state index in [1.54, 1.807) is 24.3 Å². The highest BCUT2D eigenvalue weighted by Gasteiger charge is 2.14. The second-order valence-corrected chi connectivity index (χ2v) is 5.01. The average Bonchev–Trinajstić information content (AvgIpc) is 2.89. The minimum absolute atomic E-state index is 0.0816. The van der Waals surface area contributed by atoms with E-state index < -0.39 is 0 Å². The molecule has 0 spiro atoms. The molecule has 90 valence electrons. The number of hydrogen-bond donors (Lipinski definition) is 1. The van der Waals surface area contributed by atoms with E-state index in [2.05, 4.69) is 16.5 Å². The molecule has 0 aliphatic carbocycles. The van der Waals surface area contributed by atoms with E-state index in [9.17, 15) is 4.79 Å². The van der Waals surface area contributed by atoms with Gasteiger partial charge in [-0.25, -0.2) is 0 Å². The number of nitrogens with one attached hydrogen (secondary N) is 1. The third-order valence-electron chi connectivity index (χ3n) is 2.33. The first-order chi connectivity index (χ1) is 8.15. The normalized spacial score (nSPS) is 12.4. The molecule has 1 atom stereocenters. The van der Waals surface area contributed by atoms with E-state index in [1.807, 2.05) is 18.4 Å². The maximum Gasteiger partial charge on any atom is 0.273 e. The lowest BCUT2D eigenvalue weighted by Gasteiger charge is -2.11. The number of nitrogens with zero attached hydrogens (tertiary/aromatic N) is 1. The molecule has 1 amide bonds. The van der Waals surface area contributed by atoms with E-state index in [-0.39, 0.29) is 11.9 Å². The summed E-state index contributed by atoms with van der Waals surface area (Å²) in [6, 6.07) is 5.79. The van der Waals surface area contributed by atoms with E-state index in [0.717, 1.165) is 6.42 Å². The summed E-state index contributed by atoms with van der Waals surface area (Å²) in [5, 5.41) is 8.61. The van der Waals surface area contributed by atoms with Crippen LogP contribution in [0, 0.1) is 6.92 Å². The van der Waals surface area contributed by atoms with E-state index in [1.165, 1.54) is 4.88 Å². The van der Waals surface area contributed by atoms with Crippen LogP contribution in [0.3, 0.4) is 0 Å². The SMILES string of the molecule is Cc1cc(C(=O)NC(C)Cc2cccs2)no1. The van der Waals surface area contributed by atoms with Gasteiger partial charge in [0.05, 0.1) is 0 Å². The molecule has 2 aromatic heterocycles. The van der Waals surface area contributed by atoms with Gasteiger partial charge in [-0.2, -0.15) is 0 Å². The van der Waals surface area contributed by atoms with Gasteiger partial charge in [-0.05, 0) is 25.3 Å². The molecule has 0 bridgehead atoms. The van der Waals surface area contributed by atoms with Gasteiger partial charge in [0.15, 0.2) is 5.69 Å². The molecule has 5 heteroatoms. The van der Waals surface area contributed by atoms with Crippen molar-refractivity contribution in [2.75, 3.05) is 0 Å². The predicted molar refractivity (Wildman–Crippen MR) is 66.2 cm³/mol. The van der Waals surface area contributed by atoms with Crippen LogP contribution in [0.1, 0.15) is 28.0 Å². The fourth-order valence-electron chi connectivity index (χ4n) is 1.55. The third-order valence-corrected chi connectivity index (χ3v) is 3.22. The van der Waals surface area contributed by atoms with Crippen molar-refractivity contribution in [1.29, 1.82) is 0 Å². The van der Waals surface area contributed by atoms with Crippen LogP contribution in [-0.4, -0.2) is 17.1 Å². The van der Waals surface area contributed by atoms with E-state index in [4.69, 9.17) is 4.52 Å². The van der Waals surface area contributed by atoms with Gasteiger partial charge in [-0.3, -0.25) is 4.79 Å². The number of aryl methyl sites for hydroxylation is 1. The minimum atomic E-state index is -0.189. The topological polar surface area (TPSA) is 55.1 Å². The highest BCUT2D eigenvalue weighted by Crippen LogP contribution is 2.11. The van der Waals surface area contributed by atoms with Gasteiger partial charge in [0.25, 0.3) is 5.91 Å². The molecule has 0 saturated heterocycles. The summed E-state index contributed by atoms with van der Waals surface area (Å²) in [7, 11) is 0. The second kappa shape index (κ2) is 5.14. The van der Waals surface area contributed by atoms with Gasteiger partial charge in [-0.1, -0.05) is 11.2 Å². The van der Waals surface area contributed by atoms with Gasteiger partial charge in [0, 0.05) is 23.4 Å². The quantitative estimate of drug-likeness (QED) is 0.906. The van der Waals surface area contributed by atoms with Crippen molar-refractivity contribution in [2.24, 2.45) is 0 Å². The van der Waals surface area contributed by atoms with Crippen LogP contribution in [0.25, 0.3) is 0 Å². The van der Waals surface area contributed by atoms with Crippen LogP contribution in [0.5, 0.6) is 0 Å². The fourth-order valence-corrected chi connectivity index (χ4v) is 2.39. The standard InChI is InChI=1S/C12H14N2O2S/c1-8(6-10-4-3-5-17-10)13-12(15)11-7-9(2)16-14-11/h3-5,7-8H,6H2,1-2H3,(H,13,15). The Morgan fingerprint density at radius 3 is 3.06 bits per heavy atom. The van der Waals surface area contributed by atoms with Gasteiger partial charge in [-0.15, -0.1) is 11.3 Å². The first-order valence-electron chi connectivity index (χ1n) is 5.41. The molecule has 0 saturated carbocycles. The average molecular weight is 250 g/mol. The summed E-state index contributed by atoms with van der Waals surface area (Å²) in [6.07, 6.45) is 0.834. The van der Waals surface area contributed by atoms with Crippen LogP contribution < -0.4 is 5.32 Å². The Bertz CT molecular complexity index is 490. The van der Waals surface area contributed by atoms with Crippen molar-refractivity contribution in [1.82, 2.24) is 10.5 Å². The molecule has 17 heavy (non-hydrogen) atoms. The lowest BCUT2D eigenvalue weighted by Crippen LogP contribution is -2.34. The Morgan fingerprint density at radius 1 is 1.65 bits per heavy atom. The largest absolute Gasteiger partial charge is 0.361 e. The number of carbonyl (C=O) groups excluding carboxylic acids is 1. The fraction of sp³-hybridized carbons (Fsp3) is 0.333. The molecule has 0 aromatic carbocycles. The molecule has 2 heterocycles. The molecule has 0 fully saturated rings. The molecule has 1 unspecified atom stereocenters. The molecule has 0 aliphatic rings. The van der Waals surface area contributed by atoms with Crippen molar-refractivity contribution >= 4 is 17.2 Å². The van der Waals surface area contributed by atoms with Crippen molar-refractivity contribution in [3.63, 3.8) is 0 Å². The van der Waals surface area contributed by atoms with Gasteiger partial charge in [0.1, 0.15) is 5.76 Å². The van der Waals surface area contributed by atoms with Crippen LogP contribution >= 0.6 is 11.3 Å². The second-order valence-electron chi connectivity index (χ2n) is 3.98. The molecule has 2 rings (SSSR count). The van der Waals surface area contributed by atoms with Crippen molar-refractivity contribution in [3.8, 4) is 0 Å². The number of carbonyl (C=O) groups is 1. The Balaban J connectivity index is 1.90. The summed E-state index contributed by atoms with van der Waals surface area (Å²) in [5.74, 6) is 0.451. The Morgan fingerprint density at radius 2 is 2.47 bits per heavy atom. The summed E-state index contributed by atoms with van der Waals surface area (Å²) in [6.45, 7) is 3.74. The highest BCUT2D eigenvalue weighted by atomic mass is 32.1. The minimum Gasteiger partial charge on any atom is -0.361 e. The third kappa shape index (κ3) is 3.17. The molecule has 2 aromatic rings. The van der Waals surface area contributed by atoms with Crippen molar-refractivity contribution in [3.05, 3.63) is 39.9 Å². The number of rotatable bonds is 4. The van der Waals surface area contributed by atoms with E-state index >= 15 is 0 Å². The number of amides is 1. The van der Waals surface area contributed by atoms with Crippen LogP contribution in [-0.2, 0) is 6.42 Å². The van der Waals surface area contributed by atoms with Crippen LogP contribution in [0.2, 0.25) is 0 Å². The first-order valence-corrected chi connectivity index (χ1v) is 6.29. The maximum atomic E-state index is 11.8. The summed E-state index contributed by atoms with van der Waals surface area (Å²) >= 11 is 1.69. The smallest absolute Gasteiger partial charge is 0.273 e. The number of hydrogen-bond acceptors (Lipinski definition) is 4. The van der Waals surface area contributed by atoms with Crippen LogP contribution in [0.15, 0.2) is 28.1 Å². The zero-order valence-electron chi connectivity index (χ0n) is 9.77. The monoisotopic (exact) mass is 250 g/mol. The maximum absolute atomic E-state index is 11.8. The predicted octanol–water partition coefficient (Wildman–Crippen LogP) is 2.41. The molecular formula is C12H14N2O2S. The molecular weight excluding hydrogens is 236 g/mol. The number of aromatic nitrogens is 1. The summed E-state index contributed by atoms with van der Waals surface area (Å²) < 4.78 is 4.86. The van der Waals surface area contributed by atoms with Crippen LogP contribution in [0.4, 0.5) is 0 Å². The molecule has 4 nitrogen and oxygen atoms in total. The summed E-state index contributed by atoms with van der Waals surface area (Å²) in [4.78, 5) is 13.0. The molecule has 0 aliphatic heterocycles. The van der Waals surface area contributed by atoms with Gasteiger partial charge >= 0.3 is 0 Å². The van der Waals surface area contributed by atoms with E-state index in [0.29, 0.717) is 11.5 Å². The van der Waals surface area contributed by atoms with Crippen molar-refractivity contribution in [2.45, 2.75) is 26.3 Å². The molecule has 0 radical (unpaired) electrons. The highest BCUT2D eigenvalue weighted by molar-refractivity contribution is 7.09. The van der Waals surface area contributed by atoms with Crippen molar-refractivity contribution < 1.29 is 9.32 Å². The van der Waals surface area contributed by atoms with Gasteiger partial charge < -0.3 is 9.84 Å². The lowest BCUT2D eigenvalue weighted by atomic mass is 10.2. The zero-order chi connectivity index (χ0) is 12.3. The van der Waals surface area contributed by atoms with Gasteiger partial charge in [0.2, 0.25) is 0 Å². The number of thiophene rings is 1. The Kier molecular flexibility index (Phi) is 3.58.